The van der Waals surface area contributed by atoms with Crippen molar-refractivity contribution in [3.05, 3.63) is 39.1 Å². The van der Waals surface area contributed by atoms with Crippen molar-refractivity contribution in [3.63, 3.8) is 0 Å². The highest BCUT2D eigenvalue weighted by molar-refractivity contribution is 9.10. The topological polar surface area (TPSA) is 63.9 Å². The van der Waals surface area contributed by atoms with Crippen molar-refractivity contribution in [2.45, 2.75) is 0 Å². The lowest BCUT2D eigenvalue weighted by molar-refractivity contribution is -0.124. The van der Waals surface area contributed by atoms with Gasteiger partial charge in [-0.05, 0) is 18.2 Å². The van der Waals surface area contributed by atoms with Crippen LogP contribution in [0.3, 0.4) is 0 Å². The second-order valence-corrected chi connectivity index (χ2v) is 6.47. The highest BCUT2D eigenvalue weighted by Gasteiger charge is 2.27. The number of benzene rings is 1. The number of carbonyl (C=O) groups is 2. The minimum absolute atomic E-state index is 0.0798. The van der Waals surface area contributed by atoms with Crippen LogP contribution in [0.4, 0.5) is 5.69 Å². The monoisotopic (exact) mass is 381 g/mol. The van der Waals surface area contributed by atoms with Gasteiger partial charge in [0.2, 0.25) is 0 Å². The fraction of sp³-hybridized carbons (Fsp3) is 0.214. The van der Waals surface area contributed by atoms with Crippen molar-refractivity contribution in [2.24, 2.45) is 12.0 Å². The molecule has 6 nitrogen and oxygen atoms in total. The maximum atomic E-state index is 12.1. The molecule has 0 N–H and O–H groups in total. The first kappa shape index (κ1) is 15.0. The van der Waals surface area contributed by atoms with Gasteiger partial charge in [-0.2, -0.15) is 4.99 Å². The first-order valence-corrected chi connectivity index (χ1v) is 8.12. The van der Waals surface area contributed by atoms with Gasteiger partial charge in [0.15, 0.2) is 11.4 Å². The van der Waals surface area contributed by atoms with E-state index in [2.05, 4.69) is 20.9 Å². The zero-order chi connectivity index (χ0) is 15.7. The van der Waals surface area contributed by atoms with Crippen molar-refractivity contribution in [1.82, 2.24) is 4.57 Å². The second kappa shape index (κ2) is 6.05. The van der Waals surface area contributed by atoms with Crippen LogP contribution in [-0.2, 0) is 16.6 Å². The molecule has 0 radical (unpaired) electrons. The Morgan fingerprint density at radius 1 is 1.50 bits per heavy atom. The highest BCUT2D eigenvalue weighted by Crippen LogP contribution is 2.34. The Hall–Kier alpha value is -1.93. The Kier molecular flexibility index (Phi) is 4.12. The number of halogens is 1. The van der Waals surface area contributed by atoms with E-state index < -0.39 is 0 Å². The molecular formula is C14H12BrN3O3S. The SMILES string of the molecule is Cn1ccsc1=NC(=O)CN1C(=O)COc2cc(Br)ccc21. The van der Waals surface area contributed by atoms with Crippen LogP contribution in [0.25, 0.3) is 0 Å². The number of rotatable bonds is 2. The second-order valence-electron chi connectivity index (χ2n) is 4.68. The molecule has 0 aliphatic carbocycles. The summed E-state index contributed by atoms with van der Waals surface area (Å²) in [4.78, 5) is 30.2. The summed E-state index contributed by atoms with van der Waals surface area (Å²) in [6, 6.07) is 5.32. The first-order chi connectivity index (χ1) is 10.5. The van der Waals surface area contributed by atoms with Crippen molar-refractivity contribution < 1.29 is 14.3 Å². The summed E-state index contributed by atoms with van der Waals surface area (Å²) >= 11 is 4.72. The zero-order valence-corrected chi connectivity index (χ0v) is 14.1. The van der Waals surface area contributed by atoms with E-state index in [1.54, 1.807) is 22.8 Å². The number of carbonyl (C=O) groups excluding carboxylic acids is 2. The summed E-state index contributed by atoms with van der Waals surface area (Å²) in [7, 11) is 1.81. The van der Waals surface area contributed by atoms with E-state index in [9.17, 15) is 9.59 Å². The molecule has 8 heteroatoms. The number of amides is 2. The summed E-state index contributed by atoms with van der Waals surface area (Å²) in [5.74, 6) is -0.0560. The summed E-state index contributed by atoms with van der Waals surface area (Å²) in [5, 5.41) is 1.85. The molecular weight excluding hydrogens is 370 g/mol. The number of fused-ring (bicyclic) bond motifs is 1. The molecule has 0 saturated heterocycles. The van der Waals surface area contributed by atoms with Gasteiger partial charge in [-0.15, -0.1) is 11.3 Å². The van der Waals surface area contributed by atoms with Gasteiger partial charge in [-0.25, -0.2) is 0 Å². The van der Waals surface area contributed by atoms with Crippen LogP contribution >= 0.6 is 27.3 Å². The predicted octanol–water partition coefficient (Wildman–Crippen LogP) is 1.70. The van der Waals surface area contributed by atoms with Crippen molar-refractivity contribution >= 4 is 44.8 Å². The Balaban J connectivity index is 1.88. The molecule has 2 amide bonds. The number of ether oxygens (including phenoxy) is 1. The highest BCUT2D eigenvalue weighted by atomic mass is 79.9. The molecule has 0 fully saturated rings. The number of hydrogen-bond donors (Lipinski definition) is 0. The van der Waals surface area contributed by atoms with Crippen molar-refractivity contribution in [2.75, 3.05) is 18.1 Å². The normalized spacial score (nSPS) is 14.7. The number of aromatic nitrogens is 1. The fourth-order valence-electron chi connectivity index (χ4n) is 2.06. The van der Waals surface area contributed by atoms with Gasteiger partial charge in [-0.1, -0.05) is 15.9 Å². The molecule has 1 aromatic carbocycles. The van der Waals surface area contributed by atoms with Gasteiger partial charge in [0.1, 0.15) is 12.3 Å². The number of anilines is 1. The Labute approximate surface area is 138 Å². The summed E-state index contributed by atoms with van der Waals surface area (Å²) in [6.07, 6.45) is 1.82. The number of nitrogens with zero attached hydrogens (tertiary/aromatic N) is 3. The summed E-state index contributed by atoms with van der Waals surface area (Å²) in [5.41, 5.74) is 0.582. The minimum Gasteiger partial charge on any atom is -0.482 e. The molecule has 3 rings (SSSR count). The van der Waals surface area contributed by atoms with E-state index in [0.717, 1.165) is 4.47 Å². The van der Waals surface area contributed by atoms with E-state index in [1.807, 2.05) is 18.6 Å². The van der Waals surface area contributed by atoms with Gasteiger partial charge in [0, 0.05) is 23.1 Å². The Morgan fingerprint density at radius 3 is 3.05 bits per heavy atom. The molecule has 1 aromatic heterocycles. The van der Waals surface area contributed by atoms with Gasteiger partial charge < -0.3 is 9.30 Å². The maximum Gasteiger partial charge on any atom is 0.268 e. The molecule has 2 heterocycles. The third-order valence-corrected chi connectivity index (χ3v) is 4.48. The molecule has 1 aliphatic rings. The summed E-state index contributed by atoms with van der Waals surface area (Å²) < 4.78 is 8.00. The lowest BCUT2D eigenvalue weighted by Crippen LogP contribution is -2.42. The van der Waals surface area contributed by atoms with Crippen LogP contribution < -0.4 is 14.4 Å². The van der Waals surface area contributed by atoms with Gasteiger partial charge >= 0.3 is 0 Å². The van der Waals surface area contributed by atoms with E-state index in [-0.39, 0.29) is 25.0 Å². The molecule has 0 atom stereocenters. The van der Waals surface area contributed by atoms with E-state index in [4.69, 9.17) is 4.74 Å². The molecule has 22 heavy (non-hydrogen) atoms. The van der Waals surface area contributed by atoms with E-state index in [0.29, 0.717) is 16.2 Å². The molecule has 2 aromatic rings. The molecule has 114 valence electrons. The fourth-order valence-corrected chi connectivity index (χ4v) is 3.15. The van der Waals surface area contributed by atoms with Gasteiger partial charge in [0.05, 0.1) is 5.69 Å². The summed E-state index contributed by atoms with van der Waals surface area (Å²) in [6.45, 7) is -0.182. The smallest absolute Gasteiger partial charge is 0.268 e. The van der Waals surface area contributed by atoms with Crippen LogP contribution in [0, 0.1) is 0 Å². The first-order valence-electron chi connectivity index (χ1n) is 6.45. The Bertz CT molecular complexity index is 812. The van der Waals surface area contributed by atoms with Crippen LogP contribution in [0.15, 0.2) is 39.2 Å². The Morgan fingerprint density at radius 2 is 2.32 bits per heavy atom. The zero-order valence-electron chi connectivity index (χ0n) is 11.7. The largest absolute Gasteiger partial charge is 0.482 e. The van der Waals surface area contributed by atoms with Crippen LogP contribution in [0.1, 0.15) is 0 Å². The molecule has 0 bridgehead atoms. The van der Waals surface area contributed by atoms with E-state index in [1.165, 1.54) is 16.2 Å². The molecule has 1 aliphatic heterocycles. The molecule has 0 spiro atoms. The van der Waals surface area contributed by atoms with Gasteiger partial charge in [-0.3, -0.25) is 14.5 Å². The number of thiazole rings is 1. The predicted molar refractivity (Wildman–Crippen MR) is 85.9 cm³/mol. The van der Waals surface area contributed by atoms with Gasteiger partial charge in [0.25, 0.3) is 11.8 Å². The number of hydrogen-bond acceptors (Lipinski definition) is 4. The van der Waals surface area contributed by atoms with E-state index >= 15 is 0 Å². The van der Waals surface area contributed by atoms with Crippen molar-refractivity contribution in [3.8, 4) is 5.75 Å². The number of aryl methyl sites for hydroxylation is 1. The lowest BCUT2D eigenvalue weighted by atomic mass is 10.2. The maximum absolute atomic E-state index is 12.1. The third kappa shape index (κ3) is 2.97. The lowest BCUT2D eigenvalue weighted by Gasteiger charge is -2.28. The average molecular weight is 382 g/mol. The standard InChI is InChI=1S/C14H12BrN3O3S/c1-17-4-5-22-14(17)16-12(19)7-18-10-3-2-9(15)6-11(10)21-8-13(18)20/h2-6H,7-8H2,1H3. The van der Waals surface area contributed by atoms with Crippen LogP contribution in [0.5, 0.6) is 5.75 Å². The van der Waals surface area contributed by atoms with Crippen LogP contribution in [-0.4, -0.2) is 29.5 Å². The average Bonchev–Trinajstić information content (AvgIpc) is 2.87. The van der Waals surface area contributed by atoms with Crippen molar-refractivity contribution in [1.29, 1.82) is 0 Å². The third-order valence-electron chi connectivity index (χ3n) is 3.14. The molecule has 0 unspecified atom stereocenters. The molecule has 0 saturated carbocycles. The van der Waals surface area contributed by atoms with Crippen LogP contribution in [0.2, 0.25) is 0 Å². The quantitative estimate of drug-likeness (QED) is 0.795. The minimum atomic E-state index is -0.373.